The highest BCUT2D eigenvalue weighted by Crippen LogP contribution is 2.19. The predicted octanol–water partition coefficient (Wildman–Crippen LogP) is 4.30. The lowest BCUT2D eigenvalue weighted by molar-refractivity contribution is -0.172. The van der Waals surface area contributed by atoms with Gasteiger partial charge in [-0.1, -0.05) is 25.2 Å². The molecular weight excluding hydrogens is 433 g/mol. The van der Waals surface area contributed by atoms with Gasteiger partial charge in [-0.2, -0.15) is 13.2 Å². The molecule has 0 aromatic rings. The van der Waals surface area contributed by atoms with Gasteiger partial charge in [-0.15, -0.1) is 6.58 Å². The molecule has 0 aromatic heterocycles. The van der Waals surface area contributed by atoms with E-state index < -0.39 is 42.7 Å². The molecule has 0 radical (unpaired) electrons. The van der Waals surface area contributed by atoms with Gasteiger partial charge >= 0.3 is 18.1 Å². The van der Waals surface area contributed by atoms with Crippen LogP contribution in [0.15, 0.2) is 24.8 Å². The van der Waals surface area contributed by atoms with Crippen molar-refractivity contribution in [3.8, 4) is 0 Å². The molecule has 184 valence electrons. The number of hydrogen-bond acceptors (Lipinski definition) is 6. The fourth-order valence-corrected chi connectivity index (χ4v) is 2.15. The first-order chi connectivity index (χ1) is 14.9. The minimum Gasteiger partial charge on any atom is -0.481 e. The van der Waals surface area contributed by atoms with Gasteiger partial charge in [0.05, 0.1) is 12.3 Å². The molecule has 0 aromatic carbocycles. The van der Waals surface area contributed by atoms with Crippen molar-refractivity contribution in [3.05, 3.63) is 24.8 Å². The smallest absolute Gasteiger partial charge is 0.449 e. The van der Waals surface area contributed by atoms with Crippen molar-refractivity contribution in [1.29, 1.82) is 0 Å². The normalized spacial score (nSPS) is 14.8. The summed E-state index contributed by atoms with van der Waals surface area (Å²) in [6.45, 7) is 10.4. The molecule has 0 bridgehead atoms. The van der Waals surface area contributed by atoms with E-state index in [0.717, 1.165) is 13.2 Å². The van der Waals surface area contributed by atoms with Crippen molar-refractivity contribution < 1.29 is 46.9 Å². The molecule has 0 spiro atoms. The number of Topliss-reactive ketones (excluding diaryl/α,β-unsaturated/α-hetero) is 2. The van der Waals surface area contributed by atoms with Crippen molar-refractivity contribution in [2.45, 2.75) is 59.1 Å². The molecule has 0 amide bonds. The van der Waals surface area contributed by atoms with Crippen LogP contribution < -0.4 is 0 Å². The monoisotopic (exact) mass is 466 g/mol. The van der Waals surface area contributed by atoms with Gasteiger partial charge in [-0.25, -0.2) is 0 Å². The lowest BCUT2D eigenvalue weighted by Crippen LogP contribution is -2.23. The highest BCUT2D eigenvalue weighted by Gasteiger charge is 2.37. The molecule has 1 heterocycles. The molecule has 32 heavy (non-hydrogen) atoms. The van der Waals surface area contributed by atoms with E-state index in [2.05, 4.69) is 11.3 Å². The summed E-state index contributed by atoms with van der Waals surface area (Å²) >= 11 is 0. The van der Waals surface area contributed by atoms with Crippen LogP contribution in [0.25, 0.3) is 0 Å². The standard InChI is InChI=1S/C9H11F3O3.C9H14O3.C4H8O/c1-2-3-6-15-8(14)5-4-7(13)9(10,11)12;1-4-6(2)8(9(11)12)5-7(3)10;1-2-4-5-3-1/h2-3H,4-6H2,1H3;4,6,8H,1,5H2,2-3H3,(H,11,12);1-4H2/b3-2+;;/t;6-,8?;/m.1./s1. The summed E-state index contributed by atoms with van der Waals surface area (Å²) in [4.78, 5) is 42.4. The lowest BCUT2D eigenvalue weighted by atomic mass is 9.90. The highest BCUT2D eigenvalue weighted by molar-refractivity contribution is 5.87. The summed E-state index contributed by atoms with van der Waals surface area (Å²) in [6, 6.07) is 0. The fourth-order valence-electron chi connectivity index (χ4n) is 2.15. The van der Waals surface area contributed by atoms with Crippen molar-refractivity contribution >= 4 is 23.5 Å². The number of alkyl halides is 3. The first kappa shape index (κ1) is 31.7. The van der Waals surface area contributed by atoms with Crippen LogP contribution in [0.1, 0.15) is 52.9 Å². The largest absolute Gasteiger partial charge is 0.481 e. The van der Waals surface area contributed by atoms with E-state index in [4.69, 9.17) is 9.84 Å². The third kappa shape index (κ3) is 18.3. The van der Waals surface area contributed by atoms with Crippen LogP contribution in [0, 0.1) is 11.8 Å². The highest BCUT2D eigenvalue weighted by atomic mass is 19.4. The van der Waals surface area contributed by atoms with E-state index in [1.807, 2.05) is 0 Å². The van der Waals surface area contributed by atoms with Crippen LogP contribution in [0.2, 0.25) is 0 Å². The number of carboxylic acids is 1. The molecule has 1 N–H and O–H groups in total. The molecule has 10 heteroatoms. The predicted molar refractivity (Wildman–Crippen MR) is 112 cm³/mol. The molecule has 1 rings (SSSR count). The molecule has 1 fully saturated rings. The zero-order chi connectivity index (χ0) is 25.2. The Bertz CT molecular complexity index is 616. The number of rotatable bonds is 10. The Morgan fingerprint density at radius 3 is 2.06 bits per heavy atom. The van der Waals surface area contributed by atoms with Crippen molar-refractivity contribution in [2.24, 2.45) is 11.8 Å². The molecule has 0 saturated carbocycles. The van der Waals surface area contributed by atoms with Gasteiger partial charge in [0.15, 0.2) is 0 Å². The molecule has 1 aliphatic heterocycles. The van der Waals surface area contributed by atoms with Crippen LogP contribution in [0.5, 0.6) is 0 Å². The summed E-state index contributed by atoms with van der Waals surface area (Å²) in [5.41, 5.74) is 0. The molecule has 2 atom stereocenters. The summed E-state index contributed by atoms with van der Waals surface area (Å²) in [7, 11) is 0. The van der Waals surface area contributed by atoms with E-state index >= 15 is 0 Å². The van der Waals surface area contributed by atoms with Crippen molar-refractivity contribution in [2.75, 3.05) is 19.8 Å². The van der Waals surface area contributed by atoms with Crippen molar-refractivity contribution in [3.63, 3.8) is 0 Å². The minimum atomic E-state index is -4.87. The SMILES string of the molecule is C/C=C/COC(=O)CCC(=O)C(F)(F)F.C1CCOC1.C=C[C@@H](C)C(CC(C)=O)C(=O)O. The maximum Gasteiger partial charge on any atom is 0.449 e. The van der Waals surface area contributed by atoms with E-state index in [9.17, 15) is 32.3 Å². The molecule has 1 saturated heterocycles. The Balaban J connectivity index is 0. The fraction of sp³-hybridized carbons (Fsp3) is 0.636. The maximum atomic E-state index is 11.7. The Hall–Kier alpha value is -2.49. The second kappa shape index (κ2) is 18.1. The van der Waals surface area contributed by atoms with Crippen LogP contribution in [0.3, 0.4) is 0 Å². The number of allylic oxidation sites excluding steroid dienone is 2. The number of ketones is 2. The van der Waals surface area contributed by atoms with Crippen LogP contribution in [0.4, 0.5) is 13.2 Å². The number of halogens is 3. The molecule has 1 aliphatic rings. The number of hydrogen-bond donors (Lipinski definition) is 1. The van der Waals surface area contributed by atoms with E-state index in [1.165, 1.54) is 25.8 Å². The summed E-state index contributed by atoms with van der Waals surface area (Å²) < 4.78 is 44.5. The Morgan fingerprint density at radius 2 is 1.72 bits per heavy atom. The second-order valence-corrected chi connectivity index (χ2v) is 6.94. The number of esters is 1. The molecule has 1 unspecified atom stereocenters. The molecule has 0 aliphatic carbocycles. The van der Waals surface area contributed by atoms with Gasteiger partial charge in [0, 0.05) is 26.1 Å². The van der Waals surface area contributed by atoms with Gasteiger partial charge < -0.3 is 19.4 Å². The van der Waals surface area contributed by atoms with Gasteiger partial charge in [-0.3, -0.25) is 14.4 Å². The minimum absolute atomic E-state index is 0.00947. The van der Waals surface area contributed by atoms with Crippen LogP contribution in [-0.4, -0.2) is 54.6 Å². The number of carbonyl (C=O) groups excluding carboxylic acids is 3. The van der Waals surface area contributed by atoms with Crippen LogP contribution in [-0.2, 0) is 28.7 Å². The zero-order valence-electron chi connectivity index (χ0n) is 18.8. The third-order valence-corrected chi connectivity index (χ3v) is 4.11. The number of carboxylic acid groups (broad SMARTS) is 1. The summed E-state index contributed by atoms with van der Waals surface area (Å²) in [5, 5.41) is 8.72. The second-order valence-electron chi connectivity index (χ2n) is 6.94. The average Bonchev–Trinajstić information content (AvgIpc) is 3.29. The van der Waals surface area contributed by atoms with E-state index in [1.54, 1.807) is 26.0 Å². The lowest BCUT2D eigenvalue weighted by Gasteiger charge is -2.14. The quantitative estimate of drug-likeness (QED) is 0.378. The number of aliphatic carboxylic acids is 1. The van der Waals surface area contributed by atoms with Crippen LogP contribution >= 0.6 is 0 Å². The van der Waals surface area contributed by atoms with Gasteiger partial charge in [-0.05, 0) is 32.6 Å². The third-order valence-electron chi connectivity index (χ3n) is 4.11. The van der Waals surface area contributed by atoms with Gasteiger partial charge in [0.2, 0.25) is 5.78 Å². The number of carbonyl (C=O) groups is 4. The average molecular weight is 466 g/mol. The van der Waals surface area contributed by atoms with Gasteiger partial charge in [0.1, 0.15) is 12.4 Å². The Labute approximate surface area is 186 Å². The Morgan fingerprint density at radius 1 is 1.16 bits per heavy atom. The van der Waals surface area contributed by atoms with Crippen molar-refractivity contribution in [1.82, 2.24) is 0 Å². The van der Waals surface area contributed by atoms with E-state index in [0.29, 0.717) is 0 Å². The zero-order valence-corrected chi connectivity index (χ0v) is 18.8. The summed E-state index contributed by atoms with van der Waals surface area (Å²) in [6.07, 6.45) is 1.08. The Kier molecular flexibility index (Phi) is 17.9. The molecular formula is C22H33F3O7. The molecule has 7 nitrogen and oxygen atoms in total. The maximum absolute atomic E-state index is 11.7. The topological polar surface area (TPSA) is 107 Å². The number of ether oxygens (including phenoxy) is 2. The first-order valence-corrected chi connectivity index (χ1v) is 10.2. The van der Waals surface area contributed by atoms with E-state index in [-0.39, 0.29) is 24.7 Å². The van der Waals surface area contributed by atoms with Gasteiger partial charge in [0.25, 0.3) is 0 Å². The first-order valence-electron chi connectivity index (χ1n) is 10.2. The summed E-state index contributed by atoms with van der Waals surface area (Å²) in [5.74, 6) is -4.55.